The first-order chi connectivity index (χ1) is 8.72. The summed E-state index contributed by atoms with van der Waals surface area (Å²) in [5.74, 6) is 2.50. The summed E-state index contributed by atoms with van der Waals surface area (Å²) in [7, 11) is 0. The second-order valence-corrected chi connectivity index (χ2v) is 5.57. The van der Waals surface area contributed by atoms with Gasteiger partial charge in [0.15, 0.2) is 0 Å². The highest BCUT2D eigenvalue weighted by Crippen LogP contribution is 2.25. The van der Waals surface area contributed by atoms with Gasteiger partial charge in [-0.25, -0.2) is 4.98 Å². The molecule has 0 N–H and O–H groups in total. The number of fused-ring (bicyclic) bond motifs is 1. The average molecular weight is 241 g/mol. The lowest BCUT2D eigenvalue weighted by molar-refractivity contribution is 0.355. The molecule has 0 aliphatic carbocycles. The molecule has 1 aromatic carbocycles. The van der Waals surface area contributed by atoms with Crippen LogP contribution in [0, 0.1) is 11.8 Å². The zero-order chi connectivity index (χ0) is 12.5. The molecule has 2 aromatic rings. The van der Waals surface area contributed by atoms with Gasteiger partial charge in [0.05, 0.1) is 17.2 Å². The van der Waals surface area contributed by atoms with Gasteiger partial charge in [0.2, 0.25) is 0 Å². The van der Waals surface area contributed by atoms with Crippen LogP contribution in [-0.2, 0) is 0 Å². The number of rotatable bonds is 1. The summed E-state index contributed by atoms with van der Waals surface area (Å²) in [5, 5.41) is 0. The van der Waals surface area contributed by atoms with E-state index < -0.39 is 0 Å². The predicted octanol–water partition coefficient (Wildman–Crippen LogP) is 3.11. The fraction of sp³-hybridized carbons (Fsp3) is 0.467. The minimum Gasteiger partial charge on any atom is -0.355 e. The van der Waals surface area contributed by atoms with Crippen molar-refractivity contribution in [3.05, 3.63) is 30.5 Å². The summed E-state index contributed by atoms with van der Waals surface area (Å²) >= 11 is 0. The smallest absolute Gasteiger partial charge is 0.147 e. The van der Waals surface area contributed by atoms with Gasteiger partial charge in [-0.05, 0) is 30.4 Å². The van der Waals surface area contributed by atoms with E-state index in [4.69, 9.17) is 4.98 Å². The topological polar surface area (TPSA) is 29.0 Å². The number of para-hydroxylation sites is 2. The monoisotopic (exact) mass is 241 g/mol. The highest BCUT2D eigenvalue weighted by molar-refractivity contribution is 5.75. The van der Waals surface area contributed by atoms with Gasteiger partial charge in [-0.3, -0.25) is 4.98 Å². The maximum Gasteiger partial charge on any atom is 0.147 e. The Hall–Kier alpha value is -1.64. The molecule has 94 valence electrons. The second kappa shape index (κ2) is 4.56. The summed E-state index contributed by atoms with van der Waals surface area (Å²) in [6.07, 6.45) is 3.23. The molecule has 3 heteroatoms. The third-order valence-corrected chi connectivity index (χ3v) is 3.63. The Labute approximate surface area is 108 Å². The van der Waals surface area contributed by atoms with Crippen molar-refractivity contribution >= 4 is 16.9 Å². The van der Waals surface area contributed by atoms with Gasteiger partial charge in [-0.15, -0.1) is 0 Å². The molecule has 1 fully saturated rings. The van der Waals surface area contributed by atoms with Crippen LogP contribution in [-0.4, -0.2) is 23.1 Å². The molecule has 2 heterocycles. The van der Waals surface area contributed by atoms with Crippen LogP contribution < -0.4 is 4.90 Å². The van der Waals surface area contributed by atoms with E-state index in [9.17, 15) is 0 Å². The van der Waals surface area contributed by atoms with E-state index in [1.165, 1.54) is 6.42 Å². The van der Waals surface area contributed by atoms with E-state index in [1.54, 1.807) is 0 Å². The standard InChI is InChI=1S/C15H19N3/c1-11-7-12(2)10-18(9-11)15-8-16-13-5-3-4-6-14(13)17-15/h3-6,8,11-12H,7,9-10H2,1-2H3. The molecule has 2 atom stereocenters. The van der Waals surface area contributed by atoms with E-state index in [1.807, 2.05) is 30.5 Å². The summed E-state index contributed by atoms with van der Waals surface area (Å²) < 4.78 is 0. The van der Waals surface area contributed by atoms with Crippen LogP contribution in [0.5, 0.6) is 0 Å². The average Bonchev–Trinajstić information content (AvgIpc) is 2.37. The minimum absolute atomic E-state index is 0.738. The number of hydrogen-bond donors (Lipinski definition) is 0. The molecule has 1 aromatic heterocycles. The van der Waals surface area contributed by atoms with Crippen LogP contribution in [0.4, 0.5) is 5.82 Å². The van der Waals surface area contributed by atoms with Gasteiger partial charge in [-0.2, -0.15) is 0 Å². The largest absolute Gasteiger partial charge is 0.355 e. The Morgan fingerprint density at radius 1 is 1.06 bits per heavy atom. The predicted molar refractivity (Wildman–Crippen MR) is 74.7 cm³/mol. The van der Waals surface area contributed by atoms with Crippen molar-refractivity contribution in [3.63, 3.8) is 0 Å². The van der Waals surface area contributed by atoms with Gasteiger partial charge in [0, 0.05) is 13.1 Å². The Morgan fingerprint density at radius 2 is 1.72 bits per heavy atom. The maximum atomic E-state index is 4.73. The SMILES string of the molecule is CC1CC(C)CN(c2cnc3ccccc3n2)C1. The van der Waals surface area contributed by atoms with Gasteiger partial charge in [0.1, 0.15) is 5.82 Å². The van der Waals surface area contributed by atoms with Crippen molar-refractivity contribution in [2.24, 2.45) is 11.8 Å². The molecule has 18 heavy (non-hydrogen) atoms. The van der Waals surface area contributed by atoms with Crippen LogP contribution in [0.3, 0.4) is 0 Å². The maximum absolute atomic E-state index is 4.73. The second-order valence-electron chi connectivity index (χ2n) is 5.57. The summed E-state index contributed by atoms with van der Waals surface area (Å²) in [6.45, 7) is 6.82. The summed E-state index contributed by atoms with van der Waals surface area (Å²) in [6, 6.07) is 8.06. The Kier molecular flexibility index (Phi) is 2.90. The molecule has 3 nitrogen and oxygen atoms in total. The highest BCUT2D eigenvalue weighted by atomic mass is 15.2. The zero-order valence-corrected chi connectivity index (χ0v) is 11.0. The Morgan fingerprint density at radius 3 is 2.44 bits per heavy atom. The van der Waals surface area contributed by atoms with Crippen molar-refractivity contribution in [1.29, 1.82) is 0 Å². The first-order valence-corrected chi connectivity index (χ1v) is 6.69. The molecular formula is C15H19N3. The molecule has 1 aliphatic heterocycles. The van der Waals surface area contributed by atoms with Crippen LogP contribution >= 0.6 is 0 Å². The third-order valence-electron chi connectivity index (χ3n) is 3.63. The first-order valence-electron chi connectivity index (χ1n) is 6.69. The summed E-state index contributed by atoms with van der Waals surface area (Å²) in [5.41, 5.74) is 1.96. The normalized spacial score (nSPS) is 24.4. The van der Waals surface area contributed by atoms with Crippen molar-refractivity contribution in [2.75, 3.05) is 18.0 Å². The molecular weight excluding hydrogens is 222 g/mol. The van der Waals surface area contributed by atoms with E-state index >= 15 is 0 Å². The quantitative estimate of drug-likeness (QED) is 0.768. The van der Waals surface area contributed by atoms with Gasteiger partial charge >= 0.3 is 0 Å². The van der Waals surface area contributed by atoms with Crippen molar-refractivity contribution in [1.82, 2.24) is 9.97 Å². The molecule has 3 rings (SSSR count). The van der Waals surface area contributed by atoms with E-state index in [0.29, 0.717) is 0 Å². The lowest BCUT2D eigenvalue weighted by atomic mass is 9.92. The third kappa shape index (κ3) is 2.17. The zero-order valence-electron chi connectivity index (χ0n) is 11.0. The lowest BCUT2D eigenvalue weighted by Crippen LogP contribution is -2.39. The molecule has 0 bridgehead atoms. The van der Waals surface area contributed by atoms with Crippen molar-refractivity contribution < 1.29 is 0 Å². The van der Waals surface area contributed by atoms with Gasteiger partial charge < -0.3 is 4.90 Å². The number of benzene rings is 1. The van der Waals surface area contributed by atoms with Crippen LogP contribution in [0.1, 0.15) is 20.3 Å². The molecule has 1 aliphatic rings. The number of piperidine rings is 1. The van der Waals surface area contributed by atoms with Crippen LogP contribution in [0.25, 0.3) is 11.0 Å². The highest BCUT2D eigenvalue weighted by Gasteiger charge is 2.22. The molecule has 0 amide bonds. The van der Waals surface area contributed by atoms with Gasteiger partial charge in [0.25, 0.3) is 0 Å². The molecule has 1 saturated heterocycles. The number of aromatic nitrogens is 2. The molecule has 2 unspecified atom stereocenters. The summed E-state index contributed by atoms with van der Waals surface area (Å²) in [4.78, 5) is 11.6. The Balaban J connectivity index is 1.93. The molecule has 0 radical (unpaired) electrons. The fourth-order valence-corrected chi connectivity index (χ4v) is 2.95. The van der Waals surface area contributed by atoms with E-state index in [-0.39, 0.29) is 0 Å². The number of anilines is 1. The molecule has 0 saturated carbocycles. The van der Waals surface area contributed by atoms with Crippen molar-refractivity contribution in [3.8, 4) is 0 Å². The first kappa shape index (κ1) is 11.5. The lowest BCUT2D eigenvalue weighted by Gasteiger charge is -2.35. The van der Waals surface area contributed by atoms with Gasteiger partial charge in [-0.1, -0.05) is 26.0 Å². The van der Waals surface area contributed by atoms with Crippen LogP contribution in [0.2, 0.25) is 0 Å². The van der Waals surface area contributed by atoms with E-state index in [2.05, 4.69) is 23.7 Å². The van der Waals surface area contributed by atoms with Crippen LogP contribution in [0.15, 0.2) is 30.5 Å². The van der Waals surface area contributed by atoms with E-state index in [0.717, 1.165) is 41.8 Å². The minimum atomic E-state index is 0.738. The fourth-order valence-electron chi connectivity index (χ4n) is 2.95. The molecule has 0 spiro atoms. The Bertz CT molecular complexity index is 542. The van der Waals surface area contributed by atoms with Crippen molar-refractivity contribution in [2.45, 2.75) is 20.3 Å². The number of hydrogen-bond acceptors (Lipinski definition) is 3. The number of nitrogens with zero attached hydrogens (tertiary/aromatic N) is 3.